The van der Waals surface area contributed by atoms with E-state index in [-0.39, 0.29) is 28.7 Å². The molecule has 12 nitrogen and oxygen atoms in total. The maximum atomic E-state index is 12.4. The molecule has 0 aliphatic carbocycles. The summed E-state index contributed by atoms with van der Waals surface area (Å²) in [5.74, 6) is -0.942. The number of sulfone groups is 2. The molecular formula is C42H44N4O8S2. The van der Waals surface area contributed by atoms with Gasteiger partial charge in [0, 0.05) is 18.2 Å². The van der Waals surface area contributed by atoms with E-state index >= 15 is 0 Å². The van der Waals surface area contributed by atoms with Crippen molar-refractivity contribution in [1.29, 1.82) is 0 Å². The highest BCUT2D eigenvalue weighted by atomic mass is 32.2. The van der Waals surface area contributed by atoms with Crippen LogP contribution >= 0.6 is 0 Å². The van der Waals surface area contributed by atoms with Crippen molar-refractivity contribution in [1.82, 2.24) is 19.6 Å². The lowest BCUT2D eigenvalue weighted by atomic mass is 10.1. The molecule has 0 spiro atoms. The molecule has 6 rings (SSSR count). The topological polar surface area (TPSA) is 157 Å². The quantitative estimate of drug-likeness (QED) is 0.112. The van der Waals surface area contributed by atoms with Gasteiger partial charge in [-0.2, -0.15) is 10.2 Å². The molecule has 0 atom stereocenters. The lowest BCUT2D eigenvalue weighted by Gasteiger charge is -2.08. The Morgan fingerprint density at radius 3 is 1.50 bits per heavy atom. The number of esters is 2. The average Bonchev–Trinajstić information content (AvgIpc) is 3.82. The van der Waals surface area contributed by atoms with Crippen molar-refractivity contribution < 1.29 is 35.9 Å². The van der Waals surface area contributed by atoms with E-state index in [1.165, 1.54) is 46.3 Å². The highest BCUT2D eigenvalue weighted by Crippen LogP contribution is 2.20. The summed E-state index contributed by atoms with van der Waals surface area (Å²) < 4.78 is 60.1. The van der Waals surface area contributed by atoms with E-state index in [2.05, 4.69) is 10.2 Å². The van der Waals surface area contributed by atoms with Crippen LogP contribution in [0.2, 0.25) is 0 Å². The predicted molar refractivity (Wildman–Crippen MR) is 213 cm³/mol. The van der Waals surface area contributed by atoms with Crippen LogP contribution in [-0.2, 0) is 54.8 Å². The maximum absolute atomic E-state index is 12.4. The van der Waals surface area contributed by atoms with Gasteiger partial charge in [-0.1, -0.05) is 60.7 Å². The first-order chi connectivity index (χ1) is 26.8. The number of aryl methyl sites for hydroxylation is 4. The second-order valence-corrected chi connectivity index (χ2v) is 16.8. The highest BCUT2D eigenvalue weighted by Gasteiger charge is 2.19. The van der Waals surface area contributed by atoms with Gasteiger partial charge in [0.1, 0.15) is 0 Å². The van der Waals surface area contributed by atoms with Gasteiger partial charge >= 0.3 is 11.9 Å². The maximum Gasteiger partial charge on any atom is 0.358 e. The molecular weight excluding hydrogens is 753 g/mol. The molecule has 0 aliphatic rings. The Morgan fingerprint density at radius 1 is 0.554 bits per heavy atom. The third-order valence-electron chi connectivity index (χ3n) is 8.56. The second-order valence-electron chi connectivity index (χ2n) is 12.8. The van der Waals surface area contributed by atoms with Crippen molar-refractivity contribution in [3.05, 3.63) is 155 Å². The largest absolute Gasteiger partial charge is 0.461 e. The first-order valence-electron chi connectivity index (χ1n) is 18.0. The van der Waals surface area contributed by atoms with Crippen LogP contribution < -0.4 is 0 Å². The van der Waals surface area contributed by atoms with Crippen LogP contribution in [0.25, 0.3) is 11.4 Å². The van der Waals surface area contributed by atoms with Crippen LogP contribution in [0.1, 0.15) is 57.3 Å². The van der Waals surface area contributed by atoms with Crippen molar-refractivity contribution in [2.45, 2.75) is 49.3 Å². The van der Waals surface area contributed by atoms with E-state index in [9.17, 15) is 26.4 Å². The van der Waals surface area contributed by atoms with Gasteiger partial charge in [-0.15, -0.1) is 0 Å². The second kappa shape index (κ2) is 18.7. The van der Waals surface area contributed by atoms with Crippen LogP contribution in [0.3, 0.4) is 0 Å². The molecule has 0 N–H and O–H groups in total. The molecule has 0 fully saturated rings. The molecule has 2 heterocycles. The Bertz CT molecular complexity index is 2460. The van der Waals surface area contributed by atoms with Gasteiger partial charge < -0.3 is 9.47 Å². The van der Waals surface area contributed by atoms with Crippen molar-refractivity contribution in [3.63, 3.8) is 0 Å². The van der Waals surface area contributed by atoms with E-state index in [1.54, 1.807) is 54.9 Å². The van der Waals surface area contributed by atoms with Gasteiger partial charge in [0.05, 0.1) is 40.1 Å². The summed E-state index contributed by atoms with van der Waals surface area (Å²) in [5.41, 5.74) is 5.81. The van der Waals surface area contributed by atoms with Crippen LogP contribution in [0.4, 0.5) is 0 Å². The van der Waals surface area contributed by atoms with Crippen LogP contribution in [0.15, 0.2) is 131 Å². The zero-order valence-electron chi connectivity index (χ0n) is 31.7. The molecule has 0 radical (unpaired) electrons. The standard InChI is InChI=1S/2C21H22N2O4S/c1-3-27-21(24)20-15-18(10-9-16-7-5-4-6-8-16)23(22-20)17-11-13-19(14-12-17)28(2,25)26;1-3-27-21(24)20-15-17(10-9-16-7-5-4-6-8-16)22-23(20)18-11-13-19(14-12-18)28(2,25)26/h2*4-8,11-15H,3,9-10H2,1-2H3. The molecule has 6 aromatic rings. The molecule has 14 heteroatoms. The smallest absolute Gasteiger partial charge is 0.358 e. The molecule has 0 unspecified atom stereocenters. The lowest BCUT2D eigenvalue weighted by molar-refractivity contribution is 0.0507. The lowest BCUT2D eigenvalue weighted by Crippen LogP contribution is -2.12. The zero-order valence-corrected chi connectivity index (χ0v) is 33.3. The minimum absolute atomic E-state index is 0.213. The Kier molecular flexibility index (Phi) is 13.8. The predicted octanol–water partition coefficient (Wildman–Crippen LogP) is 6.48. The van der Waals surface area contributed by atoms with Gasteiger partial charge in [0.15, 0.2) is 31.1 Å². The molecule has 56 heavy (non-hydrogen) atoms. The number of carbonyl (C=O) groups excluding carboxylic acids is 2. The normalized spacial score (nSPS) is 11.4. The zero-order chi connectivity index (χ0) is 40.3. The Morgan fingerprint density at radius 2 is 1.02 bits per heavy atom. The van der Waals surface area contributed by atoms with E-state index < -0.39 is 31.6 Å². The van der Waals surface area contributed by atoms with Crippen molar-refractivity contribution in [2.75, 3.05) is 25.7 Å². The van der Waals surface area contributed by atoms with E-state index in [0.29, 0.717) is 29.9 Å². The third kappa shape index (κ3) is 11.1. The summed E-state index contributed by atoms with van der Waals surface area (Å²) in [6, 6.07) is 36.3. The van der Waals surface area contributed by atoms with Gasteiger partial charge in [-0.05, 0) is 111 Å². The number of ether oxygens (including phenoxy) is 2. The number of benzene rings is 4. The minimum atomic E-state index is -3.29. The summed E-state index contributed by atoms with van der Waals surface area (Å²) in [5, 5.41) is 8.95. The monoisotopic (exact) mass is 796 g/mol. The summed E-state index contributed by atoms with van der Waals surface area (Å²) in [4.78, 5) is 24.9. The fourth-order valence-corrected chi connectivity index (χ4v) is 6.99. The highest BCUT2D eigenvalue weighted by molar-refractivity contribution is 7.91. The molecule has 0 amide bonds. The molecule has 0 bridgehead atoms. The SMILES string of the molecule is CCOC(=O)c1cc(CCc2ccccc2)n(-c2ccc(S(C)(=O)=O)cc2)n1.CCOC(=O)c1cc(CCc2ccccc2)nn1-c1ccc(S(C)(=O)=O)cc1. The van der Waals surface area contributed by atoms with Gasteiger partial charge in [0.25, 0.3) is 0 Å². The van der Waals surface area contributed by atoms with E-state index in [4.69, 9.17) is 9.47 Å². The molecule has 2 aromatic heterocycles. The number of aromatic nitrogens is 4. The Hall–Kier alpha value is -5.86. The van der Waals surface area contributed by atoms with E-state index in [0.717, 1.165) is 30.5 Å². The fourth-order valence-electron chi connectivity index (χ4n) is 5.73. The number of hydrogen-bond donors (Lipinski definition) is 0. The summed E-state index contributed by atoms with van der Waals surface area (Å²) >= 11 is 0. The minimum Gasteiger partial charge on any atom is -0.461 e. The first-order valence-corrected chi connectivity index (χ1v) is 21.8. The van der Waals surface area contributed by atoms with E-state index in [1.807, 2.05) is 60.7 Å². The molecule has 4 aromatic carbocycles. The van der Waals surface area contributed by atoms with Crippen LogP contribution in [0.5, 0.6) is 0 Å². The van der Waals surface area contributed by atoms with Crippen molar-refractivity contribution in [3.8, 4) is 11.4 Å². The Labute approximate surface area is 327 Å². The van der Waals surface area contributed by atoms with Crippen LogP contribution in [-0.4, -0.2) is 74.1 Å². The summed E-state index contributed by atoms with van der Waals surface area (Å²) in [6.45, 7) is 4.02. The molecule has 0 saturated carbocycles. The van der Waals surface area contributed by atoms with Gasteiger partial charge in [-0.25, -0.2) is 35.8 Å². The Balaban J connectivity index is 0.000000214. The first kappa shape index (κ1) is 41.3. The van der Waals surface area contributed by atoms with Crippen molar-refractivity contribution in [2.24, 2.45) is 0 Å². The molecule has 292 valence electrons. The number of hydrogen-bond acceptors (Lipinski definition) is 10. The molecule has 0 saturated heterocycles. The van der Waals surface area contributed by atoms with Crippen LogP contribution in [0, 0.1) is 0 Å². The number of rotatable bonds is 14. The summed E-state index contributed by atoms with van der Waals surface area (Å²) in [6.07, 6.45) is 5.25. The average molecular weight is 797 g/mol. The van der Waals surface area contributed by atoms with Gasteiger partial charge in [-0.3, -0.25) is 0 Å². The number of nitrogens with zero attached hydrogens (tertiary/aromatic N) is 4. The van der Waals surface area contributed by atoms with Crippen molar-refractivity contribution >= 4 is 31.6 Å². The number of carbonyl (C=O) groups is 2. The fraction of sp³-hybridized carbons (Fsp3) is 0.238. The molecule has 0 aliphatic heterocycles. The van der Waals surface area contributed by atoms with Gasteiger partial charge in [0.2, 0.25) is 0 Å². The third-order valence-corrected chi connectivity index (χ3v) is 10.8. The summed E-state index contributed by atoms with van der Waals surface area (Å²) in [7, 11) is -6.57.